The van der Waals surface area contributed by atoms with Crippen molar-refractivity contribution in [3.8, 4) is 0 Å². The molecular weight excluding hydrogens is 320 g/mol. The van der Waals surface area contributed by atoms with E-state index in [1.165, 1.54) is 0 Å². The van der Waals surface area contributed by atoms with E-state index in [9.17, 15) is 19.8 Å². The van der Waals surface area contributed by atoms with Crippen molar-refractivity contribution in [3.63, 3.8) is 0 Å². The summed E-state index contributed by atoms with van der Waals surface area (Å²) in [5.74, 6) is -1.51. The minimum atomic E-state index is -0.946. The third kappa shape index (κ3) is 9.93. The topological polar surface area (TPSA) is 80.3 Å². The summed E-state index contributed by atoms with van der Waals surface area (Å²) in [4.78, 5) is 21.3. The van der Waals surface area contributed by atoms with Crippen LogP contribution in [0.5, 0.6) is 0 Å². The summed E-state index contributed by atoms with van der Waals surface area (Å²) in [5.41, 5.74) is -1.37. The van der Waals surface area contributed by atoms with Gasteiger partial charge in [0.2, 0.25) is 0 Å². The van der Waals surface area contributed by atoms with Crippen LogP contribution in [0.1, 0.15) is 81.1 Å². The number of hydrogen-bond donors (Lipinski definition) is 0. The Morgan fingerprint density at radius 1 is 0.783 bits per heavy atom. The first-order valence-electron chi connectivity index (χ1n) is 8.28. The van der Waals surface area contributed by atoms with E-state index < -0.39 is 22.8 Å². The molecule has 2 atom stereocenters. The fourth-order valence-electron chi connectivity index (χ4n) is 1.99. The second-order valence-electron chi connectivity index (χ2n) is 7.40. The SMILES string of the molecule is CCCC(C)C(C)(C)C(=O)[O-].CCCC(C)C(C)(C)C(=O)[O-].[Ca+2]. The van der Waals surface area contributed by atoms with Crippen molar-refractivity contribution in [2.75, 3.05) is 0 Å². The van der Waals surface area contributed by atoms with Gasteiger partial charge in [-0.2, -0.15) is 0 Å². The van der Waals surface area contributed by atoms with Crippen molar-refractivity contribution >= 4 is 49.7 Å². The summed E-state index contributed by atoms with van der Waals surface area (Å²) in [5, 5.41) is 21.3. The molecule has 0 aromatic carbocycles. The van der Waals surface area contributed by atoms with Gasteiger partial charge in [-0.05, 0) is 11.8 Å². The van der Waals surface area contributed by atoms with Gasteiger partial charge >= 0.3 is 37.7 Å². The number of carboxylic acid groups (broad SMARTS) is 2. The quantitative estimate of drug-likeness (QED) is 0.625. The Kier molecular flexibility index (Phi) is 15.3. The van der Waals surface area contributed by atoms with E-state index in [0.29, 0.717) is 0 Å². The van der Waals surface area contributed by atoms with E-state index in [2.05, 4.69) is 13.8 Å². The summed E-state index contributed by atoms with van der Waals surface area (Å²) in [7, 11) is 0. The summed E-state index contributed by atoms with van der Waals surface area (Å²) < 4.78 is 0. The van der Waals surface area contributed by atoms with Crippen molar-refractivity contribution in [1.82, 2.24) is 0 Å². The molecule has 0 aliphatic carbocycles. The van der Waals surface area contributed by atoms with E-state index in [0.717, 1.165) is 25.7 Å². The third-order valence-corrected chi connectivity index (χ3v) is 4.96. The average molecular weight is 355 g/mol. The monoisotopic (exact) mass is 354 g/mol. The molecule has 0 spiro atoms. The Labute approximate surface area is 172 Å². The molecule has 0 bridgehead atoms. The van der Waals surface area contributed by atoms with E-state index in [1.54, 1.807) is 27.7 Å². The van der Waals surface area contributed by atoms with Crippen LogP contribution in [-0.4, -0.2) is 49.7 Å². The maximum Gasteiger partial charge on any atom is 2.00 e. The first kappa shape index (κ1) is 28.0. The van der Waals surface area contributed by atoms with Gasteiger partial charge in [-0.3, -0.25) is 0 Å². The Hall–Kier alpha value is 0.200. The molecule has 0 N–H and O–H groups in total. The molecule has 0 saturated carbocycles. The summed E-state index contributed by atoms with van der Waals surface area (Å²) >= 11 is 0. The normalized spacial score (nSPS) is 13.9. The second kappa shape index (κ2) is 12.5. The van der Waals surface area contributed by atoms with Gasteiger partial charge in [0.15, 0.2) is 0 Å². The van der Waals surface area contributed by atoms with Crippen LogP contribution < -0.4 is 10.2 Å². The van der Waals surface area contributed by atoms with Gasteiger partial charge in [0, 0.05) is 22.8 Å². The summed E-state index contributed by atoms with van der Waals surface area (Å²) in [6.07, 6.45) is 3.94. The van der Waals surface area contributed by atoms with Gasteiger partial charge in [-0.15, -0.1) is 0 Å². The smallest absolute Gasteiger partial charge is 0.550 e. The zero-order chi connectivity index (χ0) is 18.1. The third-order valence-electron chi connectivity index (χ3n) is 4.96. The fourth-order valence-corrected chi connectivity index (χ4v) is 1.99. The Morgan fingerprint density at radius 3 is 1.13 bits per heavy atom. The van der Waals surface area contributed by atoms with E-state index in [4.69, 9.17) is 0 Å². The van der Waals surface area contributed by atoms with Crippen molar-refractivity contribution in [3.05, 3.63) is 0 Å². The molecule has 0 heterocycles. The second-order valence-corrected chi connectivity index (χ2v) is 7.40. The van der Waals surface area contributed by atoms with Gasteiger partial charge in [-0.1, -0.05) is 81.1 Å². The number of carbonyl (C=O) groups excluding carboxylic acids is 2. The maximum absolute atomic E-state index is 10.6. The van der Waals surface area contributed by atoms with E-state index in [-0.39, 0.29) is 49.6 Å². The van der Waals surface area contributed by atoms with Crippen LogP contribution in [0, 0.1) is 22.7 Å². The summed E-state index contributed by atoms with van der Waals surface area (Å²) in [6, 6.07) is 0. The molecule has 2 unspecified atom stereocenters. The molecule has 0 fully saturated rings. The number of hydrogen-bond acceptors (Lipinski definition) is 4. The first-order valence-corrected chi connectivity index (χ1v) is 8.28. The van der Waals surface area contributed by atoms with Crippen molar-refractivity contribution in [2.45, 2.75) is 81.1 Å². The molecule has 0 radical (unpaired) electrons. The molecule has 0 saturated heterocycles. The van der Waals surface area contributed by atoms with Crippen LogP contribution in [0.3, 0.4) is 0 Å². The predicted octanol–water partition coefficient (Wildman–Crippen LogP) is 2.02. The average Bonchev–Trinajstić information content (AvgIpc) is 2.39. The number of carboxylic acids is 2. The fraction of sp³-hybridized carbons (Fsp3) is 0.889. The predicted molar refractivity (Wildman–Crippen MR) is 91.5 cm³/mol. The Morgan fingerprint density at radius 2 is 1.00 bits per heavy atom. The number of aliphatic carboxylic acids is 2. The van der Waals surface area contributed by atoms with Crippen molar-refractivity contribution in [1.29, 1.82) is 0 Å². The molecule has 5 heteroatoms. The molecule has 0 aromatic heterocycles. The van der Waals surface area contributed by atoms with Gasteiger partial charge in [0.05, 0.1) is 0 Å². The standard InChI is InChI=1S/2C9H18O2.Ca/c2*1-5-6-7(2)9(3,4)8(10)11;/h2*7H,5-6H2,1-4H3,(H,10,11);/q;;+2/p-2. The van der Waals surface area contributed by atoms with Gasteiger partial charge in [-0.25, -0.2) is 0 Å². The van der Waals surface area contributed by atoms with Gasteiger partial charge in [0.1, 0.15) is 0 Å². The minimum absolute atomic E-state index is 0. The largest absolute Gasteiger partial charge is 2.00 e. The van der Waals surface area contributed by atoms with Crippen LogP contribution in [0.4, 0.5) is 0 Å². The molecule has 0 amide bonds. The summed E-state index contributed by atoms with van der Waals surface area (Å²) in [6.45, 7) is 14.9. The van der Waals surface area contributed by atoms with Crippen LogP contribution >= 0.6 is 0 Å². The van der Waals surface area contributed by atoms with Crippen LogP contribution in [-0.2, 0) is 9.59 Å². The number of rotatable bonds is 8. The molecule has 0 rings (SSSR count). The van der Waals surface area contributed by atoms with Crippen LogP contribution in [0.15, 0.2) is 0 Å². The molecule has 0 aliphatic rings. The molecular formula is C18H34CaO4. The number of carbonyl (C=O) groups is 2. The zero-order valence-corrected chi connectivity index (χ0v) is 18.5. The van der Waals surface area contributed by atoms with Gasteiger partial charge < -0.3 is 19.8 Å². The first-order chi connectivity index (χ1) is 9.85. The van der Waals surface area contributed by atoms with E-state index in [1.807, 2.05) is 13.8 Å². The van der Waals surface area contributed by atoms with Gasteiger partial charge in [0.25, 0.3) is 0 Å². The zero-order valence-electron chi connectivity index (χ0n) is 16.3. The molecule has 4 nitrogen and oxygen atoms in total. The van der Waals surface area contributed by atoms with Crippen LogP contribution in [0.25, 0.3) is 0 Å². The van der Waals surface area contributed by atoms with Crippen LogP contribution in [0.2, 0.25) is 0 Å². The molecule has 132 valence electrons. The van der Waals surface area contributed by atoms with Crippen molar-refractivity contribution in [2.24, 2.45) is 22.7 Å². The molecule has 0 aromatic rings. The van der Waals surface area contributed by atoms with Crippen molar-refractivity contribution < 1.29 is 19.8 Å². The Balaban J connectivity index is -0.000000333. The Bertz CT molecular complexity index is 317. The minimum Gasteiger partial charge on any atom is -0.550 e. The van der Waals surface area contributed by atoms with E-state index >= 15 is 0 Å². The maximum atomic E-state index is 10.6. The molecule has 23 heavy (non-hydrogen) atoms. The molecule has 0 aliphatic heterocycles.